The molecule has 24 heavy (non-hydrogen) atoms. The van der Waals surface area contributed by atoms with E-state index >= 15 is 0 Å². The molecule has 2 rings (SSSR count). The second-order valence-electron chi connectivity index (χ2n) is 5.12. The monoisotopic (exact) mass is 411 g/mol. The molecule has 0 aliphatic rings. The van der Waals surface area contributed by atoms with Gasteiger partial charge in [0, 0.05) is 17.6 Å². The molecule has 2 aromatic carbocycles. The molecule has 0 radical (unpaired) electrons. The number of carboxylic acids is 2. The van der Waals surface area contributed by atoms with Gasteiger partial charge in [-0.3, -0.25) is 4.79 Å². The molecule has 0 atom stereocenters. The van der Waals surface area contributed by atoms with Crippen LogP contribution in [0.1, 0.15) is 22.3 Å². The van der Waals surface area contributed by atoms with E-state index in [-0.39, 0.29) is 25.1 Å². The number of halogens is 2. The van der Waals surface area contributed by atoms with Crippen LogP contribution in [0.3, 0.4) is 0 Å². The summed E-state index contributed by atoms with van der Waals surface area (Å²) in [5, 5.41) is 18.7. The molecule has 0 amide bonds. The lowest BCUT2D eigenvalue weighted by Gasteiger charge is -2.26. The number of aliphatic carboxylic acids is 1. The van der Waals surface area contributed by atoms with Crippen LogP contribution < -0.4 is 4.90 Å². The van der Waals surface area contributed by atoms with Crippen molar-refractivity contribution in [3.63, 3.8) is 0 Å². The molecule has 0 heterocycles. The van der Waals surface area contributed by atoms with Crippen molar-refractivity contribution in [2.75, 3.05) is 11.4 Å². The highest BCUT2D eigenvalue weighted by Gasteiger charge is 2.16. The number of anilines is 1. The maximum atomic E-state index is 11.4. The molecular formula is C17H15BrClNO4. The van der Waals surface area contributed by atoms with Crippen LogP contribution >= 0.6 is 27.5 Å². The first kappa shape index (κ1) is 18.3. The summed E-state index contributed by atoms with van der Waals surface area (Å²) >= 11 is 9.60. The normalized spacial score (nSPS) is 10.4. The second-order valence-corrected chi connectivity index (χ2v) is 6.45. The first-order valence-electron chi connectivity index (χ1n) is 7.11. The Balaban J connectivity index is 2.36. The standard InChI is InChI=1S/C17H15BrClNO4/c18-12-5-6-15(14(19)9-12)20(8-7-16(21)22)10-11-3-1-2-4-13(11)17(23)24/h1-6,9H,7-8,10H2,(H,21,22)(H,23,24). The van der Waals surface area contributed by atoms with E-state index in [9.17, 15) is 14.7 Å². The minimum absolute atomic E-state index is 0.0817. The van der Waals surface area contributed by atoms with Crippen LogP contribution in [-0.2, 0) is 11.3 Å². The van der Waals surface area contributed by atoms with Gasteiger partial charge in [0.2, 0.25) is 0 Å². The number of aromatic carboxylic acids is 1. The third-order valence-corrected chi connectivity index (χ3v) is 4.25. The second kappa shape index (κ2) is 8.17. The maximum absolute atomic E-state index is 11.4. The molecule has 5 nitrogen and oxygen atoms in total. The molecular weight excluding hydrogens is 398 g/mol. The molecule has 0 fully saturated rings. The van der Waals surface area contributed by atoms with Crippen molar-refractivity contribution in [1.29, 1.82) is 0 Å². The van der Waals surface area contributed by atoms with Crippen molar-refractivity contribution in [2.24, 2.45) is 0 Å². The van der Waals surface area contributed by atoms with E-state index in [0.29, 0.717) is 16.3 Å². The lowest BCUT2D eigenvalue weighted by Crippen LogP contribution is -2.27. The Bertz CT molecular complexity index is 766. The lowest BCUT2D eigenvalue weighted by molar-refractivity contribution is -0.136. The molecule has 126 valence electrons. The van der Waals surface area contributed by atoms with Crippen LogP contribution in [0.25, 0.3) is 0 Å². The molecule has 0 bridgehead atoms. The SMILES string of the molecule is O=C(O)CCN(Cc1ccccc1C(=O)O)c1ccc(Br)cc1Cl. The lowest BCUT2D eigenvalue weighted by atomic mass is 10.1. The summed E-state index contributed by atoms with van der Waals surface area (Å²) < 4.78 is 0.806. The van der Waals surface area contributed by atoms with E-state index in [2.05, 4.69) is 15.9 Å². The van der Waals surface area contributed by atoms with E-state index in [0.717, 1.165) is 4.47 Å². The van der Waals surface area contributed by atoms with Gasteiger partial charge in [-0.1, -0.05) is 45.7 Å². The van der Waals surface area contributed by atoms with E-state index < -0.39 is 11.9 Å². The zero-order valence-electron chi connectivity index (χ0n) is 12.6. The van der Waals surface area contributed by atoms with Crippen LogP contribution in [0.5, 0.6) is 0 Å². The molecule has 2 N–H and O–H groups in total. The number of carboxylic acid groups (broad SMARTS) is 2. The van der Waals surface area contributed by atoms with E-state index in [1.165, 1.54) is 6.07 Å². The number of hydrogen-bond donors (Lipinski definition) is 2. The van der Waals surface area contributed by atoms with Gasteiger partial charge in [-0.25, -0.2) is 4.79 Å². The quantitative estimate of drug-likeness (QED) is 0.709. The van der Waals surface area contributed by atoms with Gasteiger partial charge in [0.25, 0.3) is 0 Å². The van der Waals surface area contributed by atoms with Crippen LogP contribution in [-0.4, -0.2) is 28.7 Å². The Hall–Kier alpha value is -2.05. The number of carbonyl (C=O) groups is 2. The van der Waals surface area contributed by atoms with Gasteiger partial charge in [0.15, 0.2) is 0 Å². The molecule has 0 aromatic heterocycles. The molecule has 0 aliphatic heterocycles. The highest BCUT2D eigenvalue weighted by Crippen LogP contribution is 2.30. The fraction of sp³-hybridized carbons (Fsp3) is 0.176. The number of nitrogens with zero attached hydrogens (tertiary/aromatic N) is 1. The predicted molar refractivity (Wildman–Crippen MR) is 95.9 cm³/mol. The van der Waals surface area contributed by atoms with Gasteiger partial charge in [-0.05, 0) is 29.8 Å². The third kappa shape index (κ3) is 4.72. The Morgan fingerprint density at radius 2 is 1.83 bits per heavy atom. The Morgan fingerprint density at radius 1 is 1.12 bits per heavy atom. The van der Waals surface area contributed by atoms with E-state index in [1.807, 2.05) is 0 Å². The Labute approximate surface area is 152 Å². The highest BCUT2D eigenvalue weighted by molar-refractivity contribution is 9.10. The summed E-state index contributed by atoms with van der Waals surface area (Å²) in [6, 6.07) is 11.9. The van der Waals surface area contributed by atoms with Gasteiger partial charge < -0.3 is 15.1 Å². The van der Waals surface area contributed by atoms with Gasteiger partial charge in [-0.15, -0.1) is 0 Å². The van der Waals surface area contributed by atoms with Crippen molar-refractivity contribution in [1.82, 2.24) is 0 Å². The van der Waals surface area contributed by atoms with Crippen LogP contribution in [0.4, 0.5) is 5.69 Å². The molecule has 0 saturated carbocycles. The summed E-state index contributed by atoms with van der Waals surface area (Å²) in [4.78, 5) is 24.1. The largest absolute Gasteiger partial charge is 0.481 e. The summed E-state index contributed by atoms with van der Waals surface area (Å²) in [6.07, 6.45) is -0.0817. The first-order valence-corrected chi connectivity index (χ1v) is 8.28. The minimum atomic E-state index is -1.02. The van der Waals surface area contributed by atoms with Crippen molar-refractivity contribution in [3.05, 3.63) is 63.1 Å². The molecule has 2 aromatic rings. The Morgan fingerprint density at radius 3 is 2.46 bits per heavy atom. The summed E-state index contributed by atoms with van der Waals surface area (Å²) in [5.41, 5.74) is 1.43. The van der Waals surface area contributed by atoms with Gasteiger partial charge >= 0.3 is 11.9 Å². The average Bonchev–Trinajstić information content (AvgIpc) is 2.52. The molecule has 0 saturated heterocycles. The van der Waals surface area contributed by atoms with Gasteiger partial charge in [0.05, 0.1) is 22.7 Å². The van der Waals surface area contributed by atoms with Crippen LogP contribution in [0, 0.1) is 0 Å². The smallest absolute Gasteiger partial charge is 0.336 e. The average molecular weight is 413 g/mol. The molecule has 0 aliphatic carbocycles. The number of rotatable bonds is 7. The minimum Gasteiger partial charge on any atom is -0.481 e. The molecule has 7 heteroatoms. The fourth-order valence-corrected chi connectivity index (χ4v) is 3.12. The molecule has 0 spiro atoms. The van der Waals surface area contributed by atoms with Crippen molar-refractivity contribution in [3.8, 4) is 0 Å². The van der Waals surface area contributed by atoms with Crippen LogP contribution in [0.2, 0.25) is 5.02 Å². The Kier molecular flexibility index (Phi) is 6.23. The van der Waals surface area contributed by atoms with Crippen LogP contribution in [0.15, 0.2) is 46.9 Å². The van der Waals surface area contributed by atoms with E-state index in [4.69, 9.17) is 16.7 Å². The zero-order chi connectivity index (χ0) is 17.7. The van der Waals surface area contributed by atoms with Gasteiger partial charge in [0.1, 0.15) is 0 Å². The maximum Gasteiger partial charge on any atom is 0.336 e. The number of benzene rings is 2. The fourth-order valence-electron chi connectivity index (χ4n) is 2.33. The zero-order valence-corrected chi connectivity index (χ0v) is 14.9. The first-order chi connectivity index (χ1) is 11.4. The highest BCUT2D eigenvalue weighted by atomic mass is 79.9. The summed E-state index contributed by atoms with van der Waals surface area (Å²) in [7, 11) is 0. The van der Waals surface area contributed by atoms with Crippen molar-refractivity contribution >= 4 is 45.2 Å². The van der Waals surface area contributed by atoms with Crippen molar-refractivity contribution < 1.29 is 19.8 Å². The third-order valence-electron chi connectivity index (χ3n) is 3.45. The molecule has 0 unspecified atom stereocenters. The summed E-state index contributed by atoms with van der Waals surface area (Å²) in [6.45, 7) is 0.460. The number of hydrogen-bond acceptors (Lipinski definition) is 3. The van der Waals surface area contributed by atoms with E-state index in [1.54, 1.807) is 41.3 Å². The van der Waals surface area contributed by atoms with Crippen molar-refractivity contribution in [2.45, 2.75) is 13.0 Å². The summed E-state index contributed by atoms with van der Waals surface area (Å²) in [5.74, 6) is -1.95. The predicted octanol–water partition coefficient (Wildman–Crippen LogP) is 4.28. The topological polar surface area (TPSA) is 77.8 Å². The van der Waals surface area contributed by atoms with Gasteiger partial charge in [-0.2, -0.15) is 0 Å².